The summed E-state index contributed by atoms with van der Waals surface area (Å²) in [5, 5.41) is 3.57. The van der Waals surface area contributed by atoms with E-state index in [0.717, 1.165) is 5.92 Å². The van der Waals surface area contributed by atoms with Crippen molar-refractivity contribution >= 4 is 17.4 Å². The lowest BCUT2D eigenvalue weighted by Gasteiger charge is -2.34. The smallest absolute Gasteiger partial charge is 0.0353 e. The summed E-state index contributed by atoms with van der Waals surface area (Å²) in [6.45, 7) is 2.32. The Bertz CT molecular complexity index is 305. The SMILES string of the molecule is CSc1cccc(NC2CC(C)C2)c1. The van der Waals surface area contributed by atoms with Gasteiger partial charge in [-0.2, -0.15) is 0 Å². The molecule has 76 valence electrons. The zero-order valence-electron chi connectivity index (χ0n) is 8.79. The van der Waals surface area contributed by atoms with Gasteiger partial charge in [-0.25, -0.2) is 0 Å². The van der Waals surface area contributed by atoms with Gasteiger partial charge >= 0.3 is 0 Å². The highest BCUT2D eigenvalue weighted by molar-refractivity contribution is 7.98. The average molecular weight is 207 g/mol. The van der Waals surface area contributed by atoms with E-state index in [2.05, 4.69) is 42.8 Å². The summed E-state index contributed by atoms with van der Waals surface area (Å²) in [5.41, 5.74) is 1.27. The fraction of sp³-hybridized carbons (Fsp3) is 0.500. The Hall–Kier alpha value is -0.630. The average Bonchev–Trinajstić information content (AvgIpc) is 2.16. The van der Waals surface area contributed by atoms with Crippen molar-refractivity contribution in [2.24, 2.45) is 5.92 Å². The first-order valence-electron chi connectivity index (χ1n) is 5.18. The molecule has 1 aliphatic rings. The van der Waals surface area contributed by atoms with Gasteiger partial charge in [-0.05, 0) is 43.2 Å². The van der Waals surface area contributed by atoms with Gasteiger partial charge in [0.2, 0.25) is 0 Å². The maximum absolute atomic E-state index is 3.57. The van der Waals surface area contributed by atoms with Gasteiger partial charge in [-0.1, -0.05) is 13.0 Å². The molecular weight excluding hydrogens is 190 g/mol. The lowest BCUT2D eigenvalue weighted by molar-refractivity contribution is 0.309. The molecule has 0 aromatic heterocycles. The second-order valence-corrected chi connectivity index (χ2v) is 5.03. The van der Waals surface area contributed by atoms with Crippen LogP contribution in [0, 0.1) is 5.92 Å². The summed E-state index contributed by atoms with van der Waals surface area (Å²) < 4.78 is 0. The van der Waals surface area contributed by atoms with Crippen molar-refractivity contribution in [3.05, 3.63) is 24.3 Å². The Balaban J connectivity index is 1.95. The van der Waals surface area contributed by atoms with Crippen LogP contribution in [-0.4, -0.2) is 12.3 Å². The van der Waals surface area contributed by atoms with Gasteiger partial charge in [-0.3, -0.25) is 0 Å². The molecule has 2 rings (SSSR count). The molecule has 14 heavy (non-hydrogen) atoms. The van der Waals surface area contributed by atoms with Crippen LogP contribution in [0.3, 0.4) is 0 Å². The summed E-state index contributed by atoms with van der Waals surface area (Å²) >= 11 is 1.80. The van der Waals surface area contributed by atoms with Crippen molar-refractivity contribution in [1.82, 2.24) is 0 Å². The molecule has 0 amide bonds. The molecule has 0 atom stereocenters. The Morgan fingerprint density at radius 2 is 2.14 bits per heavy atom. The van der Waals surface area contributed by atoms with Crippen LogP contribution in [-0.2, 0) is 0 Å². The molecule has 1 aromatic rings. The third-order valence-corrected chi connectivity index (χ3v) is 3.54. The fourth-order valence-electron chi connectivity index (χ4n) is 1.97. The van der Waals surface area contributed by atoms with Gasteiger partial charge in [0.15, 0.2) is 0 Å². The summed E-state index contributed by atoms with van der Waals surface area (Å²) in [6.07, 6.45) is 4.76. The van der Waals surface area contributed by atoms with Gasteiger partial charge < -0.3 is 5.32 Å². The Kier molecular flexibility index (Phi) is 3.02. The number of nitrogens with one attached hydrogen (secondary N) is 1. The van der Waals surface area contributed by atoms with Crippen molar-refractivity contribution < 1.29 is 0 Å². The molecule has 0 radical (unpaired) electrons. The van der Waals surface area contributed by atoms with Crippen LogP contribution < -0.4 is 5.32 Å². The van der Waals surface area contributed by atoms with Gasteiger partial charge in [-0.15, -0.1) is 11.8 Å². The van der Waals surface area contributed by atoms with Gasteiger partial charge in [0.05, 0.1) is 0 Å². The highest BCUT2D eigenvalue weighted by Gasteiger charge is 2.24. The first-order valence-corrected chi connectivity index (χ1v) is 6.41. The molecule has 1 N–H and O–H groups in total. The summed E-state index contributed by atoms with van der Waals surface area (Å²) in [5.74, 6) is 0.913. The molecule has 0 saturated heterocycles. The minimum Gasteiger partial charge on any atom is -0.382 e. The number of hydrogen-bond donors (Lipinski definition) is 1. The molecule has 1 nitrogen and oxygen atoms in total. The van der Waals surface area contributed by atoms with Crippen LogP contribution in [0.15, 0.2) is 29.2 Å². The Morgan fingerprint density at radius 3 is 2.79 bits per heavy atom. The van der Waals surface area contributed by atoms with Crippen LogP contribution in [0.25, 0.3) is 0 Å². The van der Waals surface area contributed by atoms with Crippen LogP contribution in [0.5, 0.6) is 0 Å². The third-order valence-electron chi connectivity index (χ3n) is 2.81. The zero-order chi connectivity index (χ0) is 9.97. The predicted molar refractivity (Wildman–Crippen MR) is 64.0 cm³/mol. The number of thioether (sulfide) groups is 1. The summed E-state index contributed by atoms with van der Waals surface area (Å²) in [6, 6.07) is 9.37. The molecule has 0 aliphatic heterocycles. The van der Waals surface area contributed by atoms with E-state index in [-0.39, 0.29) is 0 Å². The summed E-state index contributed by atoms with van der Waals surface area (Å²) in [7, 11) is 0. The second-order valence-electron chi connectivity index (χ2n) is 4.15. The predicted octanol–water partition coefficient (Wildman–Crippen LogP) is 3.62. The Morgan fingerprint density at radius 1 is 1.36 bits per heavy atom. The molecule has 1 fully saturated rings. The van der Waals surface area contributed by atoms with E-state index in [1.54, 1.807) is 11.8 Å². The lowest BCUT2D eigenvalue weighted by atomic mass is 9.82. The van der Waals surface area contributed by atoms with Crippen molar-refractivity contribution in [3.8, 4) is 0 Å². The molecule has 1 saturated carbocycles. The maximum atomic E-state index is 3.57. The molecular formula is C12H17NS. The highest BCUT2D eigenvalue weighted by Crippen LogP contribution is 2.30. The van der Waals surface area contributed by atoms with Gasteiger partial charge in [0, 0.05) is 16.6 Å². The van der Waals surface area contributed by atoms with E-state index in [1.807, 2.05) is 0 Å². The quantitative estimate of drug-likeness (QED) is 0.760. The minimum atomic E-state index is 0.710. The maximum Gasteiger partial charge on any atom is 0.0353 e. The number of hydrogen-bond acceptors (Lipinski definition) is 2. The molecule has 0 spiro atoms. The molecule has 0 bridgehead atoms. The zero-order valence-corrected chi connectivity index (χ0v) is 9.60. The van der Waals surface area contributed by atoms with Crippen molar-refractivity contribution in [1.29, 1.82) is 0 Å². The standard InChI is InChI=1S/C12H17NS/c1-9-6-11(7-9)13-10-4-3-5-12(8-10)14-2/h3-5,8-9,11,13H,6-7H2,1-2H3. The van der Waals surface area contributed by atoms with E-state index in [9.17, 15) is 0 Å². The normalized spacial score (nSPS) is 25.6. The first-order chi connectivity index (χ1) is 6.78. The van der Waals surface area contributed by atoms with Crippen molar-refractivity contribution in [2.75, 3.05) is 11.6 Å². The van der Waals surface area contributed by atoms with Crippen LogP contribution in [0.2, 0.25) is 0 Å². The third kappa shape index (κ3) is 2.24. The molecule has 1 aliphatic carbocycles. The second kappa shape index (κ2) is 4.26. The van der Waals surface area contributed by atoms with Crippen molar-refractivity contribution in [2.45, 2.75) is 30.7 Å². The van der Waals surface area contributed by atoms with E-state index in [1.165, 1.54) is 23.4 Å². The van der Waals surface area contributed by atoms with Gasteiger partial charge in [0.25, 0.3) is 0 Å². The molecule has 2 heteroatoms. The topological polar surface area (TPSA) is 12.0 Å². The molecule has 0 unspecified atom stereocenters. The van der Waals surface area contributed by atoms with E-state index < -0.39 is 0 Å². The van der Waals surface area contributed by atoms with Gasteiger partial charge in [0.1, 0.15) is 0 Å². The minimum absolute atomic E-state index is 0.710. The number of anilines is 1. The van der Waals surface area contributed by atoms with Crippen molar-refractivity contribution in [3.63, 3.8) is 0 Å². The van der Waals surface area contributed by atoms with E-state index >= 15 is 0 Å². The fourth-order valence-corrected chi connectivity index (χ4v) is 2.43. The Labute approximate surface area is 90.3 Å². The molecule has 1 aromatic carbocycles. The number of rotatable bonds is 3. The van der Waals surface area contributed by atoms with Crippen LogP contribution in [0.1, 0.15) is 19.8 Å². The van der Waals surface area contributed by atoms with Crippen LogP contribution >= 0.6 is 11.8 Å². The largest absolute Gasteiger partial charge is 0.382 e. The monoisotopic (exact) mass is 207 g/mol. The lowest BCUT2D eigenvalue weighted by Crippen LogP contribution is -2.33. The van der Waals surface area contributed by atoms with E-state index in [4.69, 9.17) is 0 Å². The summed E-state index contributed by atoms with van der Waals surface area (Å²) in [4.78, 5) is 1.34. The van der Waals surface area contributed by atoms with Crippen LogP contribution in [0.4, 0.5) is 5.69 Å². The van der Waals surface area contributed by atoms with E-state index in [0.29, 0.717) is 6.04 Å². The molecule has 0 heterocycles. The highest BCUT2D eigenvalue weighted by atomic mass is 32.2. The number of benzene rings is 1. The first kappa shape index (κ1) is 9.91.